The molecule has 2 rings (SSSR count). The second-order valence-electron chi connectivity index (χ2n) is 7.65. The number of amides is 1. The van der Waals surface area contributed by atoms with Crippen molar-refractivity contribution >= 4 is 29.8 Å². The molecule has 0 heterocycles. The van der Waals surface area contributed by atoms with E-state index in [1.165, 1.54) is 39.0 Å². The van der Waals surface area contributed by atoms with E-state index in [1.54, 1.807) is 24.3 Å². The van der Waals surface area contributed by atoms with Crippen LogP contribution in [0.25, 0.3) is 0 Å². The molecular weight excluding hydrogens is 442 g/mol. The first-order valence-corrected chi connectivity index (χ1v) is 11.3. The van der Waals surface area contributed by atoms with Gasteiger partial charge in [0.25, 0.3) is 0 Å². The van der Waals surface area contributed by atoms with Crippen molar-refractivity contribution in [2.75, 3.05) is 18.4 Å². The van der Waals surface area contributed by atoms with Gasteiger partial charge in [0.1, 0.15) is 12.3 Å². The van der Waals surface area contributed by atoms with E-state index in [2.05, 4.69) is 11.1 Å². The molecule has 0 unspecified atom stereocenters. The molecule has 0 aliphatic heterocycles. The Kier molecular flexibility index (Phi) is 21.5. The molecule has 34 heavy (non-hydrogen) atoms. The van der Waals surface area contributed by atoms with Gasteiger partial charge in [0.05, 0.1) is 6.54 Å². The minimum atomic E-state index is -0.968. The topological polar surface area (TPSA) is 225 Å². The summed E-state index contributed by atoms with van der Waals surface area (Å²) in [5, 5.41) is 18.5. The second kappa shape index (κ2) is 22.0. The Bertz CT molecular complexity index is 694. The van der Waals surface area contributed by atoms with Gasteiger partial charge in [0.2, 0.25) is 5.91 Å². The molecule has 0 saturated heterocycles. The minimum Gasteiger partial charge on any atom is -0.480 e. The number of hydrogen-bond acceptors (Lipinski definition) is 8. The van der Waals surface area contributed by atoms with Crippen LogP contribution < -0.4 is 28.3 Å². The molecule has 1 aliphatic rings. The Morgan fingerprint density at radius 1 is 1.06 bits per heavy atom. The van der Waals surface area contributed by atoms with Crippen molar-refractivity contribution in [1.82, 2.24) is 0 Å². The quantitative estimate of drug-likeness (QED) is 0.207. The number of carbonyl (C=O) groups excluding carboxylic acids is 2. The Morgan fingerprint density at radius 2 is 1.59 bits per heavy atom. The van der Waals surface area contributed by atoms with E-state index in [9.17, 15) is 19.2 Å². The van der Waals surface area contributed by atoms with E-state index >= 15 is 0 Å². The summed E-state index contributed by atoms with van der Waals surface area (Å²) < 4.78 is 0. The minimum absolute atomic E-state index is 0.117. The molecule has 11 nitrogen and oxygen atoms in total. The number of benzene rings is 1. The smallest absolute Gasteiger partial charge is 0.320 e. The van der Waals surface area contributed by atoms with Crippen molar-refractivity contribution in [2.45, 2.75) is 70.4 Å². The molecule has 1 amide bonds. The van der Waals surface area contributed by atoms with Crippen molar-refractivity contribution in [1.29, 1.82) is 0 Å². The molecule has 0 spiro atoms. The summed E-state index contributed by atoms with van der Waals surface area (Å²) in [5.41, 5.74) is 21.9. The van der Waals surface area contributed by atoms with E-state index < -0.39 is 18.0 Å². The van der Waals surface area contributed by atoms with Gasteiger partial charge in [-0.1, -0.05) is 25.7 Å². The van der Waals surface area contributed by atoms with Gasteiger partial charge >= 0.3 is 11.9 Å². The highest BCUT2D eigenvalue weighted by Gasteiger charge is 2.09. The second-order valence-corrected chi connectivity index (χ2v) is 7.65. The number of aldehydes is 1. The van der Waals surface area contributed by atoms with Crippen LogP contribution in [0.4, 0.5) is 5.69 Å². The number of carbonyl (C=O) groups is 4. The Hall–Kier alpha value is -2.86. The number of anilines is 1. The van der Waals surface area contributed by atoms with E-state index in [4.69, 9.17) is 27.4 Å². The Balaban J connectivity index is 0. The van der Waals surface area contributed by atoms with Gasteiger partial charge < -0.3 is 38.5 Å². The summed E-state index contributed by atoms with van der Waals surface area (Å²) >= 11 is 0. The van der Waals surface area contributed by atoms with Crippen LogP contribution in [0.15, 0.2) is 24.3 Å². The van der Waals surface area contributed by atoms with Crippen LogP contribution in [0.2, 0.25) is 0 Å². The highest BCUT2D eigenvalue weighted by atomic mass is 16.4. The number of unbranched alkanes of at least 4 members (excludes halogenated alkanes) is 1. The third-order valence-electron chi connectivity index (χ3n) is 4.48. The summed E-state index contributed by atoms with van der Waals surface area (Å²) in [7, 11) is 0. The summed E-state index contributed by atoms with van der Waals surface area (Å²) in [4.78, 5) is 40.2. The van der Waals surface area contributed by atoms with Crippen molar-refractivity contribution < 1.29 is 29.4 Å². The van der Waals surface area contributed by atoms with Crippen LogP contribution >= 0.6 is 0 Å². The molecule has 0 bridgehead atoms. The van der Waals surface area contributed by atoms with Crippen molar-refractivity contribution in [3.8, 4) is 0 Å². The van der Waals surface area contributed by atoms with Gasteiger partial charge in [-0.25, -0.2) is 0 Å². The maximum atomic E-state index is 10.6. The third kappa shape index (κ3) is 22.3. The highest BCUT2D eigenvalue weighted by molar-refractivity contribution is 5.89. The Labute approximate surface area is 201 Å². The summed E-state index contributed by atoms with van der Waals surface area (Å²) in [6.45, 7) is 1.76. The summed E-state index contributed by atoms with van der Waals surface area (Å²) in [5.74, 6) is -2.02. The van der Waals surface area contributed by atoms with Gasteiger partial charge in [-0.2, -0.15) is 0 Å². The molecule has 1 fully saturated rings. The molecular formula is C23H41N5O6. The number of nitrogens with two attached hydrogens (primary N) is 4. The lowest BCUT2D eigenvalue weighted by Crippen LogP contribution is -2.29. The van der Waals surface area contributed by atoms with Crippen molar-refractivity contribution in [3.05, 3.63) is 29.8 Å². The maximum Gasteiger partial charge on any atom is 0.320 e. The number of hydrogen-bond donors (Lipinski definition) is 7. The average molecular weight is 484 g/mol. The van der Waals surface area contributed by atoms with Gasteiger partial charge in [-0.05, 0) is 56.5 Å². The van der Waals surface area contributed by atoms with E-state index in [-0.39, 0.29) is 12.5 Å². The molecule has 0 radical (unpaired) electrons. The summed E-state index contributed by atoms with van der Waals surface area (Å²) in [6.07, 6.45) is 9.59. The molecule has 194 valence electrons. The SMILES string of the molecule is CC(=O)Nc1ccc(C=O)cc1.NC1CCCCC1.NCC(=O)O.NCCCC[C@H](N)C(=O)O. The van der Waals surface area contributed by atoms with E-state index in [1.807, 2.05) is 0 Å². The average Bonchev–Trinajstić information content (AvgIpc) is 2.81. The normalized spacial score (nSPS) is 13.3. The maximum absolute atomic E-state index is 10.6. The standard InChI is InChI=1S/C9H9NO2.C6H14N2O2.C6H13N.C2H5NO2/c1-7(12)10-9-4-2-8(6-11)3-5-9;7-4-2-1-3-5(8)6(9)10;7-6-4-2-1-3-5-6;3-1-2(4)5/h2-6H,1H3,(H,10,12);5H,1-4,7-8H2,(H,9,10);6H,1-5,7H2;1,3H2,(H,4,5)/t;5-;;/m.0../s1. The molecule has 1 saturated carbocycles. The lowest BCUT2D eigenvalue weighted by molar-refractivity contribution is -0.139. The molecule has 1 aliphatic carbocycles. The van der Waals surface area contributed by atoms with Crippen molar-refractivity contribution in [3.63, 3.8) is 0 Å². The van der Waals surface area contributed by atoms with E-state index in [0.717, 1.165) is 19.1 Å². The van der Waals surface area contributed by atoms with Crippen LogP contribution in [0.3, 0.4) is 0 Å². The third-order valence-corrected chi connectivity index (χ3v) is 4.48. The predicted molar refractivity (Wildman–Crippen MR) is 132 cm³/mol. The van der Waals surface area contributed by atoms with Crippen LogP contribution in [0, 0.1) is 0 Å². The fourth-order valence-electron chi connectivity index (χ4n) is 2.61. The molecule has 1 aromatic rings. The number of carboxylic acid groups (broad SMARTS) is 2. The molecule has 1 aromatic carbocycles. The monoisotopic (exact) mass is 483 g/mol. The van der Waals surface area contributed by atoms with Crippen LogP contribution in [0.1, 0.15) is 68.6 Å². The number of rotatable bonds is 8. The largest absolute Gasteiger partial charge is 0.480 e. The zero-order valence-electron chi connectivity index (χ0n) is 19.9. The van der Waals surface area contributed by atoms with Crippen LogP contribution in [0.5, 0.6) is 0 Å². The van der Waals surface area contributed by atoms with E-state index in [0.29, 0.717) is 30.3 Å². The van der Waals surface area contributed by atoms with Crippen LogP contribution in [-0.4, -0.2) is 59.5 Å². The molecule has 0 aromatic heterocycles. The van der Waals surface area contributed by atoms with Gasteiger partial charge in [0.15, 0.2) is 0 Å². The zero-order valence-corrected chi connectivity index (χ0v) is 19.9. The number of nitrogens with one attached hydrogen (secondary N) is 1. The first-order chi connectivity index (χ1) is 16.1. The number of aliphatic carboxylic acids is 2. The van der Waals surface area contributed by atoms with Crippen molar-refractivity contribution in [2.24, 2.45) is 22.9 Å². The zero-order chi connectivity index (χ0) is 26.4. The van der Waals surface area contributed by atoms with Gasteiger partial charge in [0, 0.05) is 24.2 Å². The predicted octanol–water partition coefficient (Wildman–Crippen LogP) is 1.29. The fraction of sp³-hybridized carbons (Fsp3) is 0.565. The fourth-order valence-corrected chi connectivity index (χ4v) is 2.61. The Morgan fingerprint density at radius 3 is 1.91 bits per heavy atom. The van der Waals surface area contributed by atoms with Gasteiger partial charge in [-0.15, -0.1) is 0 Å². The first-order valence-electron chi connectivity index (χ1n) is 11.3. The van der Waals surface area contributed by atoms with Gasteiger partial charge in [-0.3, -0.25) is 19.2 Å². The molecule has 1 atom stereocenters. The molecule has 11 heteroatoms. The lowest BCUT2D eigenvalue weighted by Gasteiger charge is -2.15. The van der Waals surface area contributed by atoms with Crippen LogP contribution in [-0.2, 0) is 14.4 Å². The molecule has 11 N–H and O–H groups in total. The summed E-state index contributed by atoms with van der Waals surface area (Å²) in [6, 6.07) is 6.49. The lowest BCUT2D eigenvalue weighted by atomic mass is 9.97. The highest BCUT2D eigenvalue weighted by Crippen LogP contribution is 2.14. The number of carboxylic acids is 2. The first kappa shape index (κ1) is 33.3.